The van der Waals surface area contributed by atoms with Gasteiger partial charge in [0.05, 0.1) is 27.9 Å². The van der Waals surface area contributed by atoms with Crippen molar-refractivity contribution in [2.75, 3.05) is 12.4 Å². The van der Waals surface area contributed by atoms with Gasteiger partial charge in [-0.3, -0.25) is 0 Å². The first-order valence-electron chi connectivity index (χ1n) is 8.60. The van der Waals surface area contributed by atoms with Crippen LogP contribution >= 0.6 is 23.4 Å². The fraction of sp³-hybridized carbons (Fsp3) is 0.421. The molecular weight excluding hydrogens is 369 g/mol. The summed E-state index contributed by atoms with van der Waals surface area (Å²) >= 11 is 7.47. The summed E-state index contributed by atoms with van der Waals surface area (Å²) in [6.07, 6.45) is 1.65. The number of nitrogens with zero attached hydrogens (tertiary/aromatic N) is 1. The van der Waals surface area contributed by atoms with Crippen LogP contribution in [0.4, 0.5) is 0 Å². The standard InChI is InChI=1S/C19H23BClNO3S/c1-18(2)19(3,4)25-20(24-18)14-6-5-7-16(12-14)23-10-11-26-17-9-8-15(21)13-22-17/h5-9,12-13H,10-11H2,1-4H3. The van der Waals surface area contributed by atoms with Crippen molar-refractivity contribution < 1.29 is 14.0 Å². The molecule has 1 aromatic heterocycles. The van der Waals surface area contributed by atoms with Gasteiger partial charge in [-0.15, -0.1) is 11.8 Å². The quantitative estimate of drug-likeness (QED) is 0.419. The summed E-state index contributed by atoms with van der Waals surface area (Å²) < 4.78 is 18.1. The Morgan fingerprint density at radius 1 is 1.12 bits per heavy atom. The lowest BCUT2D eigenvalue weighted by Gasteiger charge is -2.32. The van der Waals surface area contributed by atoms with Crippen molar-refractivity contribution in [3.63, 3.8) is 0 Å². The van der Waals surface area contributed by atoms with E-state index in [0.717, 1.165) is 22.0 Å². The fourth-order valence-corrected chi connectivity index (χ4v) is 3.26. The van der Waals surface area contributed by atoms with Gasteiger partial charge < -0.3 is 14.0 Å². The molecule has 0 N–H and O–H groups in total. The minimum absolute atomic E-state index is 0.350. The van der Waals surface area contributed by atoms with Gasteiger partial charge in [-0.25, -0.2) is 4.98 Å². The lowest BCUT2D eigenvalue weighted by molar-refractivity contribution is 0.00578. The van der Waals surface area contributed by atoms with Crippen LogP contribution in [0.25, 0.3) is 0 Å². The summed E-state index contributed by atoms with van der Waals surface area (Å²) in [6.45, 7) is 8.79. The van der Waals surface area contributed by atoms with Crippen LogP contribution in [-0.2, 0) is 9.31 Å². The van der Waals surface area contributed by atoms with Crippen LogP contribution in [0.5, 0.6) is 5.75 Å². The van der Waals surface area contributed by atoms with Gasteiger partial charge in [-0.2, -0.15) is 0 Å². The van der Waals surface area contributed by atoms with Crippen molar-refractivity contribution in [3.8, 4) is 5.75 Å². The van der Waals surface area contributed by atoms with E-state index >= 15 is 0 Å². The molecule has 3 rings (SSSR count). The van der Waals surface area contributed by atoms with E-state index in [1.54, 1.807) is 18.0 Å². The van der Waals surface area contributed by atoms with Crippen LogP contribution in [0.15, 0.2) is 47.6 Å². The number of benzene rings is 1. The molecule has 0 saturated carbocycles. The zero-order chi connectivity index (χ0) is 18.8. The highest BCUT2D eigenvalue weighted by Gasteiger charge is 2.51. The molecule has 26 heavy (non-hydrogen) atoms. The Labute approximate surface area is 164 Å². The van der Waals surface area contributed by atoms with E-state index in [0.29, 0.717) is 11.6 Å². The van der Waals surface area contributed by atoms with Crippen LogP contribution in [0.1, 0.15) is 27.7 Å². The second-order valence-electron chi connectivity index (χ2n) is 7.17. The molecule has 1 fully saturated rings. The van der Waals surface area contributed by atoms with E-state index in [9.17, 15) is 0 Å². The molecule has 7 heteroatoms. The van der Waals surface area contributed by atoms with Crippen LogP contribution in [0, 0.1) is 0 Å². The Balaban J connectivity index is 1.54. The largest absolute Gasteiger partial charge is 0.494 e. The van der Waals surface area contributed by atoms with E-state index in [2.05, 4.69) is 32.7 Å². The zero-order valence-corrected chi connectivity index (χ0v) is 17.1. The Morgan fingerprint density at radius 3 is 2.50 bits per heavy atom. The number of aromatic nitrogens is 1. The lowest BCUT2D eigenvalue weighted by atomic mass is 9.79. The maximum atomic E-state index is 6.10. The molecule has 2 heterocycles. The Morgan fingerprint density at radius 2 is 1.85 bits per heavy atom. The third-order valence-corrected chi connectivity index (χ3v) is 5.82. The van der Waals surface area contributed by atoms with Crippen LogP contribution in [0.2, 0.25) is 5.02 Å². The normalized spacial score (nSPS) is 18.1. The molecule has 138 valence electrons. The van der Waals surface area contributed by atoms with Gasteiger partial charge >= 0.3 is 7.12 Å². The number of thioether (sulfide) groups is 1. The monoisotopic (exact) mass is 391 g/mol. The van der Waals surface area contributed by atoms with Gasteiger partial charge in [-0.1, -0.05) is 23.7 Å². The number of pyridine rings is 1. The maximum Gasteiger partial charge on any atom is 0.494 e. The molecule has 1 aliphatic rings. The van der Waals surface area contributed by atoms with Crippen LogP contribution in [-0.4, -0.2) is 35.7 Å². The molecule has 4 nitrogen and oxygen atoms in total. The topological polar surface area (TPSA) is 40.6 Å². The highest BCUT2D eigenvalue weighted by Crippen LogP contribution is 2.36. The van der Waals surface area contributed by atoms with Crippen molar-refractivity contribution in [3.05, 3.63) is 47.6 Å². The molecule has 0 radical (unpaired) electrons. The molecule has 0 amide bonds. The van der Waals surface area contributed by atoms with Gasteiger partial charge in [-0.05, 0) is 57.4 Å². The van der Waals surface area contributed by atoms with Crippen molar-refractivity contribution in [1.82, 2.24) is 4.98 Å². The van der Waals surface area contributed by atoms with Gasteiger partial charge in [0, 0.05) is 11.9 Å². The van der Waals surface area contributed by atoms with E-state index in [-0.39, 0.29) is 18.3 Å². The first-order valence-corrected chi connectivity index (χ1v) is 9.96. The summed E-state index contributed by atoms with van der Waals surface area (Å²) in [4.78, 5) is 4.26. The SMILES string of the molecule is CC1(C)OB(c2cccc(OCCSc3ccc(Cl)cn3)c2)OC1(C)C. The summed E-state index contributed by atoms with van der Waals surface area (Å²) in [5.74, 6) is 1.61. The number of rotatable bonds is 6. The summed E-state index contributed by atoms with van der Waals surface area (Å²) in [5, 5.41) is 1.58. The predicted molar refractivity (Wildman–Crippen MR) is 108 cm³/mol. The van der Waals surface area contributed by atoms with Gasteiger partial charge in [0.15, 0.2) is 0 Å². The second kappa shape index (κ2) is 7.81. The van der Waals surface area contributed by atoms with Gasteiger partial charge in [0.25, 0.3) is 0 Å². The molecular formula is C19H23BClNO3S. The van der Waals surface area contributed by atoms with E-state index < -0.39 is 0 Å². The maximum absolute atomic E-state index is 6.10. The van der Waals surface area contributed by atoms with Gasteiger partial charge in [0.2, 0.25) is 0 Å². The van der Waals surface area contributed by atoms with Crippen LogP contribution in [0.3, 0.4) is 0 Å². The molecule has 0 bridgehead atoms. The summed E-state index contributed by atoms with van der Waals surface area (Å²) in [5.41, 5.74) is 0.265. The molecule has 2 aromatic rings. The molecule has 0 atom stereocenters. The highest BCUT2D eigenvalue weighted by molar-refractivity contribution is 7.99. The molecule has 1 aromatic carbocycles. The first-order chi connectivity index (χ1) is 12.3. The summed E-state index contributed by atoms with van der Waals surface area (Å²) in [7, 11) is -0.379. The summed E-state index contributed by atoms with van der Waals surface area (Å²) in [6, 6.07) is 11.6. The number of ether oxygens (including phenoxy) is 1. The first kappa shape index (κ1) is 19.6. The number of hydrogen-bond acceptors (Lipinski definition) is 5. The number of halogens is 1. The van der Waals surface area contributed by atoms with Crippen molar-refractivity contribution in [2.45, 2.75) is 43.9 Å². The fourth-order valence-electron chi connectivity index (χ4n) is 2.48. The van der Waals surface area contributed by atoms with E-state index in [1.165, 1.54) is 0 Å². The van der Waals surface area contributed by atoms with Crippen molar-refractivity contribution in [1.29, 1.82) is 0 Å². The van der Waals surface area contributed by atoms with Crippen molar-refractivity contribution >= 4 is 35.9 Å². The van der Waals surface area contributed by atoms with Crippen molar-refractivity contribution in [2.24, 2.45) is 0 Å². The van der Waals surface area contributed by atoms with Gasteiger partial charge in [0.1, 0.15) is 5.75 Å². The lowest BCUT2D eigenvalue weighted by Crippen LogP contribution is -2.41. The molecule has 1 aliphatic heterocycles. The highest BCUT2D eigenvalue weighted by atomic mass is 35.5. The Hall–Kier alpha value is -1.21. The third kappa shape index (κ3) is 4.55. The number of hydrogen-bond donors (Lipinski definition) is 0. The van der Waals surface area contributed by atoms with E-state index in [4.69, 9.17) is 25.6 Å². The van der Waals surface area contributed by atoms with E-state index in [1.807, 2.05) is 36.4 Å². The molecule has 1 saturated heterocycles. The average Bonchev–Trinajstić information content (AvgIpc) is 2.81. The minimum atomic E-state index is -0.379. The minimum Gasteiger partial charge on any atom is -0.493 e. The molecule has 0 aliphatic carbocycles. The predicted octanol–water partition coefficient (Wildman–Crippen LogP) is 4.21. The zero-order valence-electron chi connectivity index (χ0n) is 15.5. The van der Waals surface area contributed by atoms with Crippen LogP contribution < -0.4 is 10.2 Å². The average molecular weight is 392 g/mol. The second-order valence-corrected chi connectivity index (χ2v) is 8.72. The molecule has 0 unspecified atom stereocenters. The smallest absolute Gasteiger partial charge is 0.493 e. The Bertz CT molecular complexity index is 739. The third-order valence-electron chi connectivity index (χ3n) is 4.69. The molecule has 0 spiro atoms. The Kier molecular flexibility index (Phi) is 5.87.